The summed E-state index contributed by atoms with van der Waals surface area (Å²) < 4.78 is 5.35. The van der Waals surface area contributed by atoms with Crippen molar-refractivity contribution in [3.63, 3.8) is 0 Å². The number of carbonyl (C=O) groups excluding carboxylic acids is 2. The monoisotopic (exact) mass is 488 g/mol. The summed E-state index contributed by atoms with van der Waals surface area (Å²) in [7, 11) is 1.44. The van der Waals surface area contributed by atoms with Crippen molar-refractivity contribution < 1.29 is 29.6 Å². The highest BCUT2D eigenvalue weighted by Crippen LogP contribution is 2.41. The number of unbranched alkanes of at least 4 members (excludes halogenated alkanes) is 4. The van der Waals surface area contributed by atoms with E-state index in [4.69, 9.17) is 10.5 Å². The standard InChI is InChI=1S/C27H40N2O6/c1-3-4-5-6-7-8-22(31)27(34)23(32)10-9-18-15-21(26(33)24(16-18)35-2)20(12-14-30)19-11-13-29-25(28)17-19/h11,15-17,20,27,29-30,33-34H,3-10,12-14,28H2,1-2H3/t20-,27+/m1/s1. The van der Waals surface area contributed by atoms with Crippen LogP contribution in [0.15, 0.2) is 35.7 Å². The summed E-state index contributed by atoms with van der Waals surface area (Å²) in [6.45, 7) is 2.56. The number of nitrogens with two attached hydrogens (primary N) is 1. The number of aliphatic hydroxyl groups excluding tert-OH is 2. The molecule has 2 atom stereocenters. The number of aromatic hydroxyl groups is 1. The number of dihydropyridines is 1. The molecule has 0 unspecified atom stereocenters. The van der Waals surface area contributed by atoms with Crippen molar-refractivity contribution in [3.8, 4) is 11.5 Å². The molecule has 8 heteroatoms. The van der Waals surface area contributed by atoms with Gasteiger partial charge in [-0.15, -0.1) is 0 Å². The summed E-state index contributed by atoms with van der Waals surface area (Å²) in [5.74, 6) is -0.553. The van der Waals surface area contributed by atoms with E-state index in [1.807, 2.05) is 6.08 Å². The lowest BCUT2D eigenvalue weighted by Gasteiger charge is -2.24. The summed E-state index contributed by atoms with van der Waals surface area (Å²) in [4.78, 5) is 24.7. The minimum Gasteiger partial charge on any atom is -0.504 e. The highest BCUT2D eigenvalue weighted by Gasteiger charge is 2.25. The maximum atomic E-state index is 12.5. The van der Waals surface area contributed by atoms with Crippen molar-refractivity contribution in [1.29, 1.82) is 0 Å². The van der Waals surface area contributed by atoms with E-state index >= 15 is 0 Å². The molecule has 1 aliphatic heterocycles. The number of hydrogen-bond donors (Lipinski definition) is 5. The molecule has 2 rings (SSSR count). The second kappa shape index (κ2) is 14.5. The number of Topliss-reactive ketones (excluding diaryl/α,β-unsaturated/α-hetero) is 2. The van der Waals surface area contributed by atoms with E-state index in [2.05, 4.69) is 12.2 Å². The fourth-order valence-corrected chi connectivity index (χ4v) is 4.33. The SMILES string of the molecule is CCCCCCCC(=O)[C@H](O)C(=O)CCc1cc(OC)c(O)c([C@H](CCO)C2=CCNC(N)=C2)c1. The molecule has 1 heterocycles. The summed E-state index contributed by atoms with van der Waals surface area (Å²) in [5.41, 5.74) is 8.06. The first-order chi connectivity index (χ1) is 16.8. The van der Waals surface area contributed by atoms with Gasteiger partial charge in [0.25, 0.3) is 0 Å². The number of ketones is 2. The van der Waals surface area contributed by atoms with Gasteiger partial charge >= 0.3 is 0 Å². The predicted molar refractivity (Wildman–Crippen MR) is 135 cm³/mol. The lowest BCUT2D eigenvalue weighted by molar-refractivity contribution is -0.138. The molecule has 0 fully saturated rings. The zero-order valence-electron chi connectivity index (χ0n) is 20.9. The highest BCUT2D eigenvalue weighted by atomic mass is 16.5. The molecule has 1 aromatic carbocycles. The molecule has 0 spiro atoms. The average Bonchev–Trinajstić information content (AvgIpc) is 2.85. The van der Waals surface area contributed by atoms with E-state index < -0.39 is 17.7 Å². The molecule has 0 aromatic heterocycles. The van der Waals surface area contributed by atoms with E-state index in [0.717, 1.165) is 36.8 Å². The third kappa shape index (κ3) is 8.40. The van der Waals surface area contributed by atoms with Gasteiger partial charge in [0.1, 0.15) is 0 Å². The van der Waals surface area contributed by atoms with E-state index in [-0.39, 0.29) is 43.3 Å². The van der Waals surface area contributed by atoms with Gasteiger partial charge in [-0.2, -0.15) is 0 Å². The summed E-state index contributed by atoms with van der Waals surface area (Å²) >= 11 is 0. The molecule has 1 aliphatic rings. The van der Waals surface area contributed by atoms with Gasteiger partial charge in [-0.05, 0) is 42.5 Å². The van der Waals surface area contributed by atoms with Crippen LogP contribution in [0.4, 0.5) is 0 Å². The summed E-state index contributed by atoms with van der Waals surface area (Å²) in [5, 5.41) is 33.7. The number of rotatable bonds is 16. The molecule has 0 bridgehead atoms. The van der Waals surface area contributed by atoms with Gasteiger partial charge in [-0.3, -0.25) is 9.59 Å². The predicted octanol–water partition coefficient (Wildman–Crippen LogP) is 2.99. The number of phenolic OH excluding ortho intramolecular Hbond substituents is 1. The number of aryl methyl sites for hydroxylation is 1. The van der Waals surface area contributed by atoms with Crippen LogP contribution < -0.4 is 15.8 Å². The lowest BCUT2D eigenvalue weighted by atomic mass is 9.85. The van der Waals surface area contributed by atoms with Crippen LogP contribution in [0, 0.1) is 0 Å². The lowest BCUT2D eigenvalue weighted by Crippen LogP contribution is -2.30. The first kappa shape index (κ1) is 28.4. The summed E-state index contributed by atoms with van der Waals surface area (Å²) in [6.07, 6.45) is 7.81. The second-order valence-electron chi connectivity index (χ2n) is 8.98. The zero-order chi connectivity index (χ0) is 25.8. The van der Waals surface area contributed by atoms with E-state index in [1.165, 1.54) is 7.11 Å². The van der Waals surface area contributed by atoms with Crippen LogP contribution in [0.25, 0.3) is 0 Å². The fraction of sp³-hybridized carbons (Fsp3) is 0.556. The minimum atomic E-state index is -1.60. The van der Waals surface area contributed by atoms with E-state index in [0.29, 0.717) is 30.8 Å². The van der Waals surface area contributed by atoms with E-state index in [1.54, 1.807) is 18.2 Å². The molecule has 1 aromatic rings. The van der Waals surface area contributed by atoms with Crippen molar-refractivity contribution >= 4 is 11.6 Å². The maximum absolute atomic E-state index is 12.5. The van der Waals surface area contributed by atoms with Crippen molar-refractivity contribution in [2.75, 3.05) is 20.3 Å². The van der Waals surface area contributed by atoms with Crippen LogP contribution in [0.3, 0.4) is 0 Å². The number of benzene rings is 1. The first-order valence-corrected chi connectivity index (χ1v) is 12.5. The molecular weight excluding hydrogens is 448 g/mol. The van der Waals surface area contributed by atoms with E-state index in [9.17, 15) is 24.9 Å². The molecule has 0 amide bonds. The molecule has 6 N–H and O–H groups in total. The van der Waals surface area contributed by atoms with Gasteiger partial charge in [0.05, 0.1) is 12.9 Å². The van der Waals surface area contributed by atoms with Gasteiger partial charge in [0, 0.05) is 37.5 Å². The Labute approximate surface area is 207 Å². The minimum absolute atomic E-state index is 0.0136. The Morgan fingerprint density at radius 2 is 1.86 bits per heavy atom. The van der Waals surface area contributed by atoms with Gasteiger partial charge in [0.2, 0.25) is 0 Å². The Morgan fingerprint density at radius 1 is 1.14 bits per heavy atom. The number of nitrogens with one attached hydrogen (secondary N) is 1. The Balaban J connectivity index is 2.12. The Hall–Kier alpha value is -2.84. The zero-order valence-corrected chi connectivity index (χ0v) is 20.9. The van der Waals surface area contributed by atoms with Crippen LogP contribution in [0.5, 0.6) is 11.5 Å². The van der Waals surface area contributed by atoms with Crippen molar-refractivity contribution in [3.05, 3.63) is 46.8 Å². The Bertz CT molecular complexity index is 924. The Morgan fingerprint density at radius 3 is 2.51 bits per heavy atom. The van der Waals surface area contributed by atoms with Crippen molar-refractivity contribution in [2.45, 2.75) is 76.7 Å². The van der Waals surface area contributed by atoms with Gasteiger partial charge in [-0.1, -0.05) is 44.7 Å². The molecule has 0 aliphatic carbocycles. The second-order valence-corrected chi connectivity index (χ2v) is 8.98. The van der Waals surface area contributed by atoms with Crippen LogP contribution in [-0.2, 0) is 16.0 Å². The number of methoxy groups -OCH3 is 1. The smallest absolute Gasteiger partial charge is 0.170 e. The van der Waals surface area contributed by atoms with Gasteiger partial charge < -0.3 is 31.1 Å². The van der Waals surface area contributed by atoms with Crippen LogP contribution >= 0.6 is 0 Å². The number of ether oxygens (including phenoxy) is 1. The fourth-order valence-electron chi connectivity index (χ4n) is 4.33. The maximum Gasteiger partial charge on any atom is 0.170 e. The number of carbonyl (C=O) groups is 2. The third-order valence-electron chi connectivity index (χ3n) is 6.34. The van der Waals surface area contributed by atoms with Crippen molar-refractivity contribution in [1.82, 2.24) is 5.32 Å². The number of phenols is 1. The number of allylic oxidation sites excluding steroid dienone is 2. The molecule has 0 saturated carbocycles. The topological polar surface area (TPSA) is 142 Å². The average molecular weight is 489 g/mol. The van der Waals surface area contributed by atoms with Gasteiger partial charge in [-0.25, -0.2) is 0 Å². The van der Waals surface area contributed by atoms with Gasteiger partial charge in [0.15, 0.2) is 29.2 Å². The largest absolute Gasteiger partial charge is 0.504 e. The molecule has 0 saturated heterocycles. The normalized spacial score (nSPS) is 15.0. The van der Waals surface area contributed by atoms with Crippen molar-refractivity contribution in [2.24, 2.45) is 5.73 Å². The molecule has 35 heavy (non-hydrogen) atoms. The molecule has 194 valence electrons. The Kier molecular flexibility index (Phi) is 11.8. The van der Waals surface area contributed by atoms with Crippen LogP contribution in [0.1, 0.15) is 75.3 Å². The number of aliphatic hydroxyl groups is 2. The van der Waals surface area contributed by atoms with Crippen LogP contribution in [-0.4, -0.2) is 53.3 Å². The first-order valence-electron chi connectivity index (χ1n) is 12.5. The quantitative estimate of drug-likeness (QED) is 0.177. The molecular formula is C27H40N2O6. The molecule has 8 nitrogen and oxygen atoms in total. The highest BCUT2D eigenvalue weighted by molar-refractivity contribution is 6.05. The number of hydrogen-bond acceptors (Lipinski definition) is 8. The molecule has 0 radical (unpaired) electrons. The third-order valence-corrected chi connectivity index (χ3v) is 6.34. The summed E-state index contributed by atoms with van der Waals surface area (Å²) in [6, 6.07) is 3.42. The van der Waals surface area contributed by atoms with Crippen LogP contribution in [0.2, 0.25) is 0 Å².